The third-order valence-corrected chi connectivity index (χ3v) is 11.3. The van der Waals surface area contributed by atoms with E-state index >= 15 is 0 Å². The molecule has 0 bridgehead atoms. The van der Waals surface area contributed by atoms with Crippen LogP contribution in [-0.2, 0) is 52.4 Å². The molecule has 0 radical (unpaired) electrons. The first kappa shape index (κ1) is 54.8. The molecule has 14 heteroatoms. The van der Waals surface area contributed by atoms with Crippen LogP contribution in [0.1, 0.15) is 137 Å². The lowest BCUT2D eigenvalue weighted by atomic mass is 9.91. The molecule has 0 aromatic heterocycles. The van der Waals surface area contributed by atoms with Crippen molar-refractivity contribution in [3.8, 4) is 12.3 Å². The zero-order valence-corrected chi connectivity index (χ0v) is 38.1. The van der Waals surface area contributed by atoms with Gasteiger partial charge in [-0.3, -0.25) is 14.4 Å². The molecule has 1 fully saturated rings. The molecule has 14 nitrogen and oxygen atoms in total. The summed E-state index contributed by atoms with van der Waals surface area (Å²) >= 11 is 0. The summed E-state index contributed by atoms with van der Waals surface area (Å²) in [5, 5.41) is 5.68. The van der Waals surface area contributed by atoms with E-state index in [1.165, 1.54) is 76.2 Å². The van der Waals surface area contributed by atoms with E-state index in [1.807, 2.05) is 27.7 Å². The standard InChI is InChI=1S/C46H81N3O11/c1-8-12-13-14-15-16-17-18-19-20-21-22-23-26-60-46(54)42(37(6)11-4)48-44(52)39-35-49(34-38(39)43(51)47-41(36(5)10-3)45(53)55-7)40(50)24-27-57-29-31-59-33-32-58-30-28-56-25-9-2/h2,36-39,41-42H,8,10-35H2,1,3-7H3,(H,47,51)(H,48,52)/t36-,37-,38-,39-,41+,42+/m1/s1. The Labute approximate surface area is 362 Å². The van der Waals surface area contributed by atoms with Crippen molar-refractivity contribution in [1.29, 1.82) is 0 Å². The molecule has 2 N–H and O–H groups in total. The second-order valence-electron chi connectivity index (χ2n) is 16.0. The van der Waals surface area contributed by atoms with Crippen molar-refractivity contribution in [1.82, 2.24) is 15.5 Å². The van der Waals surface area contributed by atoms with Gasteiger partial charge in [0.05, 0.1) is 78.2 Å². The Morgan fingerprint density at radius 2 is 1.02 bits per heavy atom. The molecule has 1 aliphatic heterocycles. The van der Waals surface area contributed by atoms with Gasteiger partial charge in [-0.15, -0.1) is 6.42 Å². The maximum Gasteiger partial charge on any atom is 0.328 e. The molecule has 0 aromatic rings. The van der Waals surface area contributed by atoms with Gasteiger partial charge in [-0.05, 0) is 18.3 Å². The van der Waals surface area contributed by atoms with E-state index in [0.29, 0.717) is 45.9 Å². The fourth-order valence-electron chi connectivity index (χ4n) is 7.02. The minimum absolute atomic E-state index is 0.0299. The molecular weight excluding hydrogens is 771 g/mol. The molecular formula is C46H81N3O11. The Morgan fingerprint density at radius 3 is 1.45 bits per heavy atom. The number of nitrogens with one attached hydrogen (secondary N) is 2. The van der Waals surface area contributed by atoms with E-state index in [1.54, 1.807) is 0 Å². The number of hydrogen-bond acceptors (Lipinski definition) is 11. The fourth-order valence-corrected chi connectivity index (χ4v) is 7.02. The first-order chi connectivity index (χ1) is 29.1. The number of terminal acetylenes is 1. The number of hydrogen-bond donors (Lipinski definition) is 2. The minimum Gasteiger partial charge on any atom is -0.467 e. The Kier molecular flexibility index (Phi) is 32.3. The van der Waals surface area contributed by atoms with Crippen molar-refractivity contribution in [3.05, 3.63) is 0 Å². The highest BCUT2D eigenvalue weighted by Gasteiger charge is 2.45. The van der Waals surface area contributed by atoms with E-state index in [9.17, 15) is 24.0 Å². The van der Waals surface area contributed by atoms with Gasteiger partial charge in [-0.2, -0.15) is 0 Å². The van der Waals surface area contributed by atoms with Crippen LogP contribution in [0.4, 0.5) is 0 Å². The second-order valence-corrected chi connectivity index (χ2v) is 16.0. The second kappa shape index (κ2) is 35.4. The summed E-state index contributed by atoms with van der Waals surface area (Å²) in [5.41, 5.74) is 0. The third kappa shape index (κ3) is 23.7. The highest BCUT2D eigenvalue weighted by Crippen LogP contribution is 2.27. The topological polar surface area (TPSA) is 168 Å². The van der Waals surface area contributed by atoms with E-state index in [-0.39, 0.29) is 63.7 Å². The molecule has 1 rings (SSSR count). The summed E-state index contributed by atoms with van der Waals surface area (Å²) in [5.74, 6) is -2.47. The van der Waals surface area contributed by atoms with E-state index < -0.39 is 47.7 Å². The molecule has 0 saturated carbocycles. The van der Waals surface area contributed by atoms with Gasteiger partial charge in [-0.25, -0.2) is 9.59 Å². The quantitative estimate of drug-likeness (QED) is 0.0426. The molecule has 6 atom stereocenters. The maximum atomic E-state index is 14.0. The largest absolute Gasteiger partial charge is 0.467 e. The predicted octanol–water partition coefficient (Wildman–Crippen LogP) is 6.02. The van der Waals surface area contributed by atoms with Crippen LogP contribution >= 0.6 is 0 Å². The number of carbonyl (C=O) groups is 5. The van der Waals surface area contributed by atoms with Gasteiger partial charge in [0.25, 0.3) is 0 Å². The Morgan fingerprint density at radius 1 is 0.600 bits per heavy atom. The number of unbranched alkanes of at least 4 members (excludes halogenated alkanes) is 12. The minimum atomic E-state index is -0.968. The Bertz CT molecular complexity index is 1230. The number of ether oxygens (including phenoxy) is 6. The lowest BCUT2D eigenvalue weighted by Crippen LogP contribution is -2.52. The van der Waals surface area contributed by atoms with Crippen LogP contribution in [0.2, 0.25) is 0 Å². The van der Waals surface area contributed by atoms with Crippen molar-refractivity contribution < 1.29 is 52.4 Å². The fraction of sp³-hybridized carbons (Fsp3) is 0.848. The van der Waals surface area contributed by atoms with Crippen molar-refractivity contribution in [3.63, 3.8) is 0 Å². The van der Waals surface area contributed by atoms with Crippen molar-refractivity contribution in [2.45, 2.75) is 149 Å². The van der Waals surface area contributed by atoms with Crippen LogP contribution in [0.3, 0.4) is 0 Å². The van der Waals surface area contributed by atoms with Gasteiger partial charge >= 0.3 is 11.9 Å². The molecule has 1 heterocycles. The van der Waals surface area contributed by atoms with Crippen LogP contribution in [-0.4, -0.2) is 126 Å². The monoisotopic (exact) mass is 852 g/mol. The van der Waals surface area contributed by atoms with Crippen molar-refractivity contribution in [2.75, 3.05) is 79.7 Å². The van der Waals surface area contributed by atoms with E-state index in [0.717, 1.165) is 19.3 Å². The van der Waals surface area contributed by atoms with Gasteiger partial charge in [0, 0.05) is 13.1 Å². The number of methoxy groups -OCH3 is 1. The summed E-state index contributed by atoms with van der Waals surface area (Å²) in [7, 11) is 1.26. The van der Waals surface area contributed by atoms with Gasteiger partial charge in [-0.1, -0.05) is 130 Å². The molecule has 60 heavy (non-hydrogen) atoms. The summed E-state index contributed by atoms with van der Waals surface area (Å²) in [4.78, 5) is 68.8. The number of esters is 2. The Balaban J connectivity index is 2.75. The zero-order chi connectivity index (χ0) is 44.4. The molecule has 0 aromatic carbocycles. The lowest BCUT2D eigenvalue weighted by Gasteiger charge is -2.27. The first-order valence-electron chi connectivity index (χ1n) is 22.9. The molecule has 346 valence electrons. The van der Waals surface area contributed by atoms with Crippen LogP contribution in [0, 0.1) is 36.0 Å². The molecule has 0 spiro atoms. The van der Waals surface area contributed by atoms with Gasteiger partial charge in [0.2, 0.25) is 17.7 Å². The van der Waals surface area contributed by atoms with Crippen LogP contribution in [0.25, 0.3) is 0 Å². The summed E-state index contributed by atoms with van der Waals surface area (Å²) < 4.78 is 32.3. The SMILES string of the molecule is C#CCOCCOCCOCCOCCC(=O)N1C[C@@H](C(=O)N[C@H](C(=O)OC)[C@H](C)CC)[C@H](C(=O)N[C@H](C(=O)OCCCCCCCCCCCCCCC)[C@H](C)CC)C1. The van der Waals surface area contributed by atoms with Crippen molar-refractivity contribution in [2.24, 2.45) is 23.7 Å². The highest BCUT2D eigenvalue weighted by molar-refractivity contribution is 5.94. The lowest BCUT2D eigenvalue weighted by molar-refractivity contribution is -0.150. The molecule has 0 aliphatic carbocycles. The molecule has 3 amide bonds. The molecule has 0 unspecified atom stereocenters. The zero-order valence-electron chi connectivity index (χ0n) is 38.1. The van der Waals surface area contributed by atoms with Gasteiger partial charge in [0.15, 0.2) is 0 Å². The highest BCUT2D eigenvalue weighted by atomic mass is 16.6. The maximum absolute atomic E-state index is 14.0. The van der Waals surface area contributed by atoms with Crippen molar-refractivity contribution >= 4 is 29.7 Å². The molecule has 1 aliphatic rings. The van der Waals surface area contributed by atoms with Crippen LogP contribution in [0.5, 0.6) is 0 Å². The normalized spacial score (nSPS) is 17.0. The third-order valence-electron chi connectivity index (χ3n) is 11.3. The number of rotatable bonds is 37. The number of carbonyl (C=O) groups excluding carboxylic acids is 5. The molecule has 1 saturated heterocycles. The van der Waals surface area contributed by atoms with E-state index in [2.05, 4.69) is 23.5 Å². The average molecular weight is 852 g/mol. The number of amides is 3. The first-order valence-corrected chi connectivity index (χ1v) is 22.9. The summed E-state index contributed by atoms with van der Waals surface area (Å²) in [6.45, 7) is 12.5. The number of likely N-dealkylation sites (tertiary alicyclic amines) is 1. The Hall–Kier alpha value is -3.25. The van der Waals surface area contributed by atoms with Gasteiger partial charge in [0.1, 0.15) is 18.7 Å². The smallest absolute Gasteiger partial charge is 0.328 e. The summed E-state index contributed by atoms with van der Waals surface area (Å²) in [6, 6.07) is -1.85. The van der Waals surface area contributed by atoms with Crippen LogP contribution < -0.4 is 10.6 Å². The van der Waals surface area contributed by atoms with E-state index in [4.69, 9.17) is 34.8 Å². The van der Waals surface area contributed by atoms with Crippen LogP contribution in [0.15, 0.2) is 0 Å². The predicted molar refractivity (Wildman–Crippen MR) is 232 cm³/mol. The number of nitrogens with zero attached hydrogens (tertiary/aromatic N) is 1. The summed E-state index contributed by atoms with van der Waals surface area (Å²) in [6.07, 6.45) is 22.1. The van der Waals surface area contributed by atoms with Gasteiger partial charge < -0.3 is 44.0 Å². The average Bonchev–Trinajstić information content (AvgIpc) is 3.71.